The lowest BCUT2D eigenvalue weighted by Crippen LogP contribution is -2.54. The molecule has 0 radical (unpaired) electrons. The first-order valence-electron chi connectivity index (χ1n) is 14.7. The van der Waals surface area contributed by atoms with Gasteiger partial charge in [0.1, 0.15) is 12.6 Å². The van der Waals surface area contributed by atoms with Gasteiger partial charge in [-0.15, -0.1) is 0 Å². The maximum atomic E-state index is 14.3. The zero-order chi connectivity index (χ0) is 31.1. The number of amides is 2. The number of nitrogens with zero attached hydrogens (tertiary/aromatic N) is 2. The van der Waals surface area contributed by atoms with Gasteiger partial charge in [0.25, 0.3) is 10.0 Å². The first kappa shape index (κ1) is 32.8. The zero-order valence-electron chi connectivity index (χ0n) is 24.9. The first-order valence-corrected chi connectivity index (χ1v) is 16.9. The van der Waals surface area contributed by atoms with Crippen LogP contribution in [0.25, 0.3) is 0 Å². The van der Waals surface area contributed by atoms with Crippen LogP contribution in [0.1, 0.15) is 62.1 Å². The third-order valence-electron chi connectivity index (χ3n) is 8.00. The van der Waals surface area contributed by atoms with Crippen LogP contribution < -0.4 is 9.62 Å². The van der Waals surface area contributed by atoms with Crippen molar-refractivity contribution in [1.29, 1.82) is 0 Å². The molecule has 4 rings (SSSR count). The van der Waals surface area contributed by atoms with Crippen LogP contribution in [0.3, 0.4) is 0 Å². The Bertz CT molecular complexity index is 1520. The number of rotatable bonds is 11. The predicted octanol–water partition coefficient (Wildman–Crippen LogP) is 7.06. The van der Waals surface area contributed by atoms with Crippen LogP contribution in [0.5, 0.6) is 0 Å². The number of para-hydroxylation sites is 1. The van der Waals surface area contributed by atoms with Gasteiger partial charge in [-0.3, -0.25) is 13.9 Å². The van der Waals surface area contributed by atoms with E-state index in [1.807, 2.05) is 19.9 Å². The van der Waals surface area contributed by atoms with E-state index in [-0.39, 0.29) is 23.4 Å². The van der Waals surface area contributed by atoms with E-state index in [0.29, 0.717) is 33.3 Å². The van der Waals surface area contributed by atoms with E-state index < -0.39 is 28.5 Å². The van der Waals surface area contributed by atoms with Gasteiger partial charge >= 0.3 is 0 Å². The van der Waals surface area contributed by atoms with Crippen LogP contribution in [0.4, 0.5) is 5.69 Å². The molecule has 1 atom stereocenters. The van der Waals surface area contributed by atoms with Crippen LogP contribution in [0.2, 0.25) is 10.0 Å². The fourth-order valence-electron chi connectivity index (χ4n) is 5.51. The highest BCUT2D eigenvalue weighted by Gasteiger charge is 2.35. The maximum Gasteiger partial charge on any atom is 0.264 e. The van der Waals surface area contributed by atoms with Crippen molar-refractivity contribution < 1.29 is 18.0 Å². The van der Waals surface area contributed by atoms with Gasteiger partial charge < -0.3 is 10.2 Å². The Balaban J connectivity index is 1.75. The first-order chi connectivity index (χ1) is 20.5. The van der Waals surface area contributed by atoms with Crippen molar-refractivity contribution in [3.8, 4) is 0 Å². The van der Waals surface area contributed by atoms with E-state index in [9.17, 15) is 18.0 Å². The Morgan fingerprint density at radius 3 is 2.14 bits per heavy atom. The van der Waals surface area contributed by atoms with Crippen LogP contribution >= 0.6 is 23.2 Å². The van der Waals surface area contributed by atoms with Crippen molar-refractivity contribution in [2.75, 3.05) is 10.8 Å². The van der Waals surface area contributed by atoms with Gasteiger partial charge in [0, 0.05) is 28.2 Å². The summed E-state index contributed by atoms with van der Waals surface area (Å²) in [5.41, 5.74) is 2.47. The predicted molar refractivity (Wildman–Crippen MR) is 173 cm³/mol. The summed E-state index contributed by atoms with van der Waals surface area (Å²) in [6.45, 7) is 4.93. The molecule has 0 aromatic heterocycles. The molecule has 0 bridgehead atoms. The number of nitrogens with one attached hydrogen (secondary N) is 1. The van der Waals surface area contributed by atoms with Gasteiger partial charge in [-0.2, -0.15) is 0 Å². The minimum atomic E-state index is -4.15. The molecule has 1 aliphatic carbocycles. The summed E-state index contributed by atoms with van der Waals surface area (Å²) >= 11 is 13.0. The minimum Gasteiger partial charge on any atom is -0.352 e. The molecule has 3 aromatic carbocycles. The Kier molecular flexibility index (Phi) is 11.2. The van der Waals surface area contributed by atoms with E-state index in [1.54, 1.807) is 55.5 Å². The highest BCUT2D eigenvalue weighted by Crippen LogP contribution is 2.30. The van der Waals surface area contributed by atoms with Crippen molar-refractivity contribution in [2.24, 2.45) is 0 Å². The van der Waals surface area contributed by atoms with Crippen molar-refractivity contribution >= 4 is 50.7 Å². The fourth-order valence-corrected chi connectivity index (χ4v) is 7.51. The lowest BCUT2D eigenvalue weighted by atomic mass is 9.95. The zero-order valence-corrected chi connectivity index (χ0v) is 27.2. The topological polar surface area (TPSA) is 86.8 Å². The number of halogens is 2. The van der Waals surface area contributed by atoms with Gasteiger partial charge in [0.15, 0.2) is 0 Å². The van der Waals surface area contributed by atoms with E-state index in [2.05, 4.69) is 5.32 Å². The summed E-state index contributed by atoms with van der Waals surface area (Å²) in [4.78, 5) is 29.5. The summed E-state index contributed by atoms with van der Waals surface area (Å²) in [7, 11) is -4.15. The van der Waals surface area contributed by atoms with Crippen LogP contribution in [0.15, 0.2) is 71.6 Å². The van der Waals surface area contributed by atoms with Crippen molar-refractivity contribution in [1.82, 2.24) is 10.2 Å². The Labute approximate surface area is 265 Å². The van der Waals surface area contributed by atoms with Crippen LogP contribution in [0, 0.1) is 13.8 Å². The smallest absolute Gasteiger partial charge is 0.264 e. The summed E-state index contributed by atoms with van der Waals surface area (Å²) in [6, 6.07) is 17.8. The molecular formula is C33H39Cl2N3O4S. The molecule has 1 aliphatic rings. The highest BCUT2D eigenvalue weighted by atomic mass is 35.5. The average Bonchev–Trinajstić information content (AvgIpc) is 2.98. The number of aryl methyl sites for hydroxylation is 2. The monoisotopic (exact) mass is 643 g/mol. The largest absolute Gasteiger partial charge is 0.352 e. The third kappa shape index (κ3) is 7.91. The van der Waals surface area contributed by atoms with Gasteiger partial charge in [-0.25, -0.2) is 8.42 Å². The van der Waals surface area contributed by atoms with E-state index >= 15 is 0 Å². The number of hydrogen-bond acceptors (Lipinski definition) is 4. The Morgan fingerprint density at radius 2 is 1.53 bits per heavy atom. The molecule has 3 aromatic rings. The fraction of sp³-hybridized carbons (Fsp3) is 0.394. The summed E-state index contributed by atoms with van der Waals surface area (Å²) in [5, 5.41) is 3.86. The molecule has 1 unspecified atom stereocenters. The second-order valence-corrected chi connectivity index (χ2v) is 13.8. The molecule has 230 valence electrons. The highest BCUT2D eigenvalue weighted by molar-refractivity contribution is 7.92. The number of benzene rings is 3. The van der Waals surface area contributed by atoms with Crippen molar-refractivity contribution in [3.63, 3.8) is 0 Å². The molecule has 1 fully saturated rings. The average molecular weight is 645 g/mol. The van der Waals surface area contributed by atoms with E-state index in [1.165, 1.54) is 17.0 Å². The summed E-state index contributed by atoms with van der Waals surface area (Å²) < 4.78 is 29.3. The molecule has 0 aliphatic heterocycles. The van der Waals surface area contributed by atoms with Crippen molar-refractivity contribution in [3.05, 3.63) is 93.5 Å². The molecule has 2 amide bonds. The quantitative estimate of drug-likeness (QED) is 0.242. The van der Waals surface area contributed by atoms with Crippen LogP contribution in [-0.4, -0.2) is 43.8 Å². The molecule has 43 heavy (non-hydrogen) atoms. The number of hydrogen-bond donors (Lipinski definition) is 1. The summed E-state index contributed by atoms with van der Waals surface area (Å²) in [6.07, 6.45) is 5.33. The molecule has 1 N–H and O–H groups in total. The molecule has 7 nitrogen and oxygen atoms in total. The lowest BCUT2D eigenvalue weighted by Gasteiger charge is -2.35. The molecule has 0 heterocycles. The minimum absolute atomic E-state index is 0.0431. The summed E-state index contributed by atoms with van der Waals surface area (Å²) in [5.74, 6) is -0.810. The molecule has 0 saturated heterocycles. The van der Waals surface area contributed by atoms with Gasteiger partial charge in [0.05, 0.1) is 10.6 Å². The standard InChI is InChI=1S/C33H39Cl2N3O4S/c1-4-30(33(40)36-25-12-6-5-7-13-25)37(21-27-28(34)14-10-15-29(27)35)32(39)22-38(31-16-9-8-11-24(31)3)43(41,42)26-19-17-23(2)18-20-26/h8-11,14-20,25,30H,4-7,12-13,21-22H2,1-3H3,(H,36,40). The van der Waals surface area contributed by atoms with Crippen LogP contribution in [-0.2, 0) is 26.2 Å². The Hall–Kier alpha value is -3.07. The number of carbonyl (C=O) groups is 2. The lowest BCUT2D eigenvalue weighted by molar-refractivity contribution is -0.140. The van der Waals surface area contributed by atoms with E-state index in [0.717, 1.165) is 42.0 Å². The Morgan fingerprint density at radius 1 is 0.907 bits per heavy atom. The SMILES string of the molecule is CCC(C(=O)NC1CCCCC1)N(Cc1c(Cl)cccc1Cl)C(=O)CN(c1ccccc1C)S(=O)(=O)c1ccc(C)cc1. The number of carbonyl (C=O) groups excluding carboxylic acids is 2. The van der Waals surface area contributed by atoms with Gasteiger partial charge in [0.2, 0.25) is 11.8 Å². The molecule has 10 heteroatoms. The maximum absolute atomic E-state index is 14.3. The van der Waals surface area contributed by atoms with Crippen molar-refractivity contribution in [2.45, 2.75) is 82.8 Å². The van der Waals surface area contributed by atoms with Gasteiger partial charge in [-0.05, 0) is 69.0 Å². The van der Waals surface area contributed by atoms with Gasteiger partial charge in [-0.1, -0.05) is 91.3 Å². The normalized spacial score (nSPS) is 14.6. The third-order valence-corrected chi connectivity index (χ3v) is 10.5. The van der Waals surface area contributed by atoms with E-state index in [4.69, 9.17) is 23.2 Å². The molecule has 1 saturated carbocycles. The second-order valence-electron chi connectivity index (χ2n) is 11.1. The number of anilines is 1. The number of sulfonamides is 1. The molecular weight excluding hydrogens is 605 g/mol. The second kappa shape index (κ2) is 14.6. The molecule has 0 spiro atoms.